The van der Waals surface area contributed by atoms with Gasteiger partial charge in [-0.15, -0.1) is 0 Å². The van der Waals surface area contributed by atoms with Crippen molar-refractivity contribution in [2.75, 3.05) is 29.4 Å². The maximum atomic E-state index is 12.7. The molecule has 3 rings (SSSR count). The lowest BCUT2D eigenvalue weighted by Gasteiger charge is -2.34. The Labute approximate surface area is 166 Å². The first-order valence-electron chi connectivity index (χ1n) is 9.13. The number of piperidine rings is 1. The highest BCUT2D eigenvalue weighted by atomic mass is 35.5. The molecule has 1 aromatic carbocycles. The molecule has 150 valence electrons. The molecule has 28 heavy (non-hydrogen) atoms. The number of nitrogens with zero attached hydrogens (tertiary/aromatic N) is 3. The van der Waals surface area contributed by atoms with E-state index in [0.717, 1.165) is 44.5 Å². The number of carbonyl (C=O) groups is 1. The Hall–Kier alpha value is -2.28. The van der Waals surface area contributed by atoms with Gasteiger partial charge in [-0.2, -0.15) is 13.2 Å². The van der Waals surface area contributed by atoms with Gasteiger partial charge < -0.3 is 9.80 Å². The molecular weight excluding hydrogens is 391 g/mol. The fourth-order valence-electron chi connectivity index (χ4n) is 3.49. The second-order valence-electron chi connectivity index (χ2n) is 6.90. The summed E-state index contributed by atoms with van der Waals surface area (Å²) in [5.41, 5.74) is -0.0672. The van der Waals surface area contributed by atoms with Crippen LogP contribution in [-0.4, -0.2) is 31.0 Å². The van der Waals surface area contributed by atoms with Gasteiger partial charge in [0.05, 0.1) is 16.3 Å². The largest absolute Gasteiger partial charge is 0.417 e. The van der Waals surface area contributed by atoms with Crippen LogP contribution in [0.1, 0.15) is 24.8 Å². The first kappa shape index (κ1) is 20.5. The number of benzene rings is 1. The Balaban J connectivity index is 1.60. The maximum Gasteiger partial charge on any atom is 0.417 e. The van der Waals surface area contributed by atoms with E-state index in [4.69, 9.17) is 11.6 Å². The number of para-hydroxylation sites is 1. The van der Waals surface area contributed by atoms with Crippen molar-refractivity contribution in [3.63, 3.8) is 0 Å². The molecule has 1 aliphatic heterocycles. The summed E-state index contributed by atoms with van der Waals surface area (Å²) >= 11 is 6.17. The van der Waals surface area contributed by atoms with Crippen LogP contribution in [0, 0.1) is 5.92 Å². The molecule has 1 atom stereocenters. The lowest BCUT2D eigenvalue weighted by atomic mass is 9.94. The average molecular weight is 412 g/mol. The van der Waals surface area contributed by atoms with Crippen LogP contribution in [0.4, 0.5) is 24.7 Å². The van der Waals surface area contributed by atoms with Crippen LogP contribution in [-0.2, 0) is 11.0 Å². The Bertz CT molecular complexity index is 798. The number of hydrogen-bond donors (Lipinski definition) is 0. The van der Waals surface area contributed by atoms with E-state index in [-0.39, 0.29) is 0 Å². The molecule has 2 aromatic rings. The van der Waals surface area contributed by atoms with Crippen LogP contribution < -0.4 is 9.80 Å². The van der Waals surface area contributed by atoms with E-state index in [0.29, 0.717) is 35.5 Å². The van der Waals surface area contributed by atoms with Crippen molar-refractivity contribution in [1.29, 1.82) is 0 Å². The molecule has 0 radical (unpaired) electrons. The minimum Gasteiger partial charge on any atom is -0.356 e. The predicted molar refractivity (Wildman–Crippen MR) is 104 cm³/mol. The molecule has 0 aliphatic carbocycles. The number of amides is 1. The van der Waals surface area contributed by atoms with Crippen molar-refractivity contribution < 1.29 is 18.0 Å². The van der Waals surface area contributed by atoms with Crippen molar-refractivity contribution in [2.24, 2.45) is 5.92 Å². The van der Waals surface area contributed by atoms with Gasteiger partial charge in [-0.1, -0.05) is 23.7 Å². The van der Waals surface area contributed by atoms with Gasteiger partial charge in [0.15, 0.2) is 0 Å². The molecule has 1 fully saturated rings. The highest BCUT2D eigenvalue weighted by Gasteiger charge is 2.31. The second kappa shape index (κ2) is 8.82. The number of alkyl halides is 3. The molecule has 1 amide bonds. The third-order valence-electron chi connectivity index (χ3n) is 4.99. The minimum atomic E-state index is -4.38. The summed E-state index contributed by atoms with van der Waals surface area (Å²) < 4.78 is 38.1. The van der Waals surface area contributed by atoms with Crippen molar-refractivity contribution in [1.82, 2.24) is 4.98 Å². The zero-order chi connectivity index (χ0) is 20.1. The first-order chi connectivity index (χ1) is 13.4. The molecule has 1 unspecified atom stereocenters. The highest BCUT2D eigenvalue weighted by Crippen LogP contribution is 2.31. The summed E-state index contributed by atoms with van der Waals surface area (Å²) in [4.78, 5) is 19.1. The van der Waals surface area contributed by atoms with Gasteiger partial charge >= 0.3 is 6.18 Å². The van der Waals surface area contributed by atoms with Gasteiger partial charge in [-0.05, 0) is 49.4 Å². The Kier molecular flexibility index (Phi) is 6.44. The summed E-state index contributed by atoms with van der Waals surface area (Å²) in [6.07, 6.45) is -0.00926. The van der Waals surface area contributed by atoms with Crippen LogP contribution in [0.2, 0.25) is 5.02 Å². The van der Waals surface area contributed by atoms with Crippen molar-refractivity contribution in [3.8, 4) is 0 Å². The van der Waals surface area contributed by atoms with E-state index >= 15 is 0 Å². The van der Waals surface area contributed by atoms with E-state index in [2.05, 4.69) is 4.98 Å². The summed E-state index contributed by atoms with van der Waals surface area (Å²) in [7, 11) is 0. The summed E-state index contributed by atoms with van der Waals surface area (Å²) in [6, 6.07) is 9.67. The number of hydrogen-bond acceptors (Lipinski definition) is 3. The molecule has 1 saturated heterocycles. The molecule has 1 aliphatic rings. The predicted octanol–water partition coefficient (Wildman–Crippen LogP) is 5.02. The van der Waals surface area contributed by atoms with E-state index in [1.165, 1.54) is 6.07 Å². The number of pyridine rings is 1. The zero-order valence-electron chi connectivity index (χ0n) is 15.2. The SMILES string of the molecule is O=CN(CCC1CCCN(c2ccc(C(F)(F)F)cn2)C1)c1ccccc1Cl. The molecule has 0 bridgehead atoms. The van der Waals surface area contributed by atoms with Gasteiger partial charge in [0.1, 0.15) is 5.82 Å². The van der Waals surface area contributed by atoms with Crippen molar-refractivity contribution >= 4 is 29.5 Å². The number of rotatable bonds is 6. The second-order valence-corrected chi connectivity index (χ2v) is 7.30. The van der Waals surface area contributed by atoms with E-state index in [1.54, 1.807) is 17.0 Å². The number of aromatic nitrogens is 1. The third-order valence-corrected chi connectivity index (χ3v) is 5.31. The summed E-state index contributed by atoms with van der Waals surface area (Å²) in [5.74, 6) is 0.874. The van der Waals surface area contributed by atoms with Gasteiger partial charge in [0, 0.05) is 25.8 Å². The summed E-state index contributed by atoms with van der Waals surface area (Å²) in [6.45, 7) is 2.00. The maximum absolute atomic E-state index is 12.7. The highest BCUT2D eigenvalue weighted by molar-refractivity contribution is 6.33. The fraction of sp³-hybridized carbons (Fsp3) is 0.400. The fourth-order valence-corrected chi connectivity index (χ4v) is 3.73. The molecule has 4 nitrogen and oxygen atoms in total. The lowest BCUT2D eigenvalue weighted by Crippen LogP contribution is -2.37. The average Bonchev–Trinajstić information content (AvgIpc) is 2.69. The van der Waals surface area contributed by atoms with Gasteiger partial charge in [0.2, 0.25) is 6.41 Å². The number of carbonyl (C=O) groups excluding carboxylic acids is 1. The number of halogens is 4. The van der Waals surface area contributed by atoms with Crippen LogP contribution >= 0.6 is 11.6 Å². The minimum absolute atomic E-state index is 0.322. The normalized spacial score (nSPS) is 17.4. The Morgan fingerprint density at radius 2 is 2.04 bits per heavy atom. The van der Waals surface area contributed by atoms with Gasteiger partial charge in [-0.3, -0.25) is 4.79 Å². The molecule has 8 heteroatoms. The number of anilines is 2. The topological polar surface area (TPSA) is 36.4 Å². The first-order valence-corrected chi connectivity index (χ1v) is 9.51. The standard InChI is InChI=1S/C20H21ClF3N3O/c21-17-5-1-2-6-18(17)27(14-28)11-9-15-4-3-10-26(13-15)19-8-7-16(12-25-19)20(22,23)24/h1-2,5-8,12,14-15H,3-4,9-11,13H2. The van der Waals surface area contributed by atoms with Crippen molar-refractivity contribution in [2.45, 2.75) is 25.4 Å². The van der Waals surface area contributed by atoms with Gasteiger partial charge in [0.25, 0.3) is 0 Å². The molecule has 0 N–H and O–H groups in total. The van der Waals surface area contributed by atoms with E-state index in [1.807, 2.05) is 17.0 Å². The molecule has 1 aromatic heterocycles. The Morgan fingerprint density at radius 3 is 2.68 bits per heavy atom. The van der Waals surface area contributed by atoms with Crippen LogP contribution in [0.15, 0.2) is 42.6 Å². The van der Waals surface area contributed by atoms with Gasteiger partial charge in [-0.25, -0.2) is 4.98 Å². The lowest BCUT2D eigenvalue weighted by molar-refractivity contribution is -0.137. The quantitative estimate of drug-likeness (QED) is 0.626. The molecule has 0 spiro atoms. The van der Waals surface area contributed by atoms with Crippen LogP contribution in [0.25, 0.3) is 0 Å². The van der Waals surface area contributed by atoms with Crippen LogP contribution in [0.3, 0.4) is 0 Å². The summed E-state index contributed by atoms with van der Waals surface area (Å²) in [5, 5.41) is 0.522. The van der Waals surface area contributed by atoms with E-state index in [9.17, 15) is 18.0 Å². The van der Waals surface area contributed by atoms with E-state index < -0.39 is 11.7 Å². The molecule has 0 saturated carbocycles. The smallest absolute Gasteiger partial charge is 0.356 e. The zero-order valence-corrected chi connectivity index (χ0v) is 16.0. The van der Waals surface area contributed by atoms with Crippen LogP contribution in [0.5, 0.6) is 0 Å². The molecule has 2 heterocycles. The monoisotopic (exact) mass is 411 g/mol. The van der Waals surface area contributed by atoms with Crippen molar-refractivity contribution in [3.05, 3.63) is 53.2 Å². The third kappa shape index (κ3) is 4.95. The Morgan fingerprint density at radius 1 is 1.25 bits per heavy atom. The molecular formula is C20H21ClF3N3O.